The van der Waals surface area contributed by atoms with Gasteiger partial charge in [0.2, 0.25) is 0 Å². The zero-order chi connectivity index (χ0) is 16.6. The van der Waals surface area contributed by atoms with E-state index in [1.165, 1.54) is 0 Å². The minimum absolute atomic E-state index is 0.0725. The predicted octanol–water partition coefficient (Wildman–Crippen LogP) is 0.998. The predicted molar refractivity (Wildman–Crippen MR) is 81.0 cm³/mol. The third kappa shape index (κ3) is 11.1. The molecule has 0 heterocycles. The van der Waals surface area contributed by atoms with Crippen molar-refractivity contribution in [1.29, 1.82) is 0 Å². The van der Waals surface area contributed by atoms with E-state index in [1.54, 1.807) is 0 Å². The monoisotopic (exact) mass is 322 g/mol. The standard InChI is InChI=1S/C13H26N2O5S/c1-9(2)5-6-10(3)14-13(18)15-11(12(16)17)7-8-21(4,19)20/h9-11H,5-8H2,1-4H3,(H,16,17)(H2,14,15,18). The van der Waals surface area contributed by atoms with Gasteiger partial charge in [-0.05, 0) is 32.1 Å². The zero-order valence-corrected chi connectivity index (χ0v) is 13.9. The summed E-state index contributed by atoms with van der Waals surface area (Å²) in [5.74, 6) is -1.00. The number of carbonyl (C=O) groups excluding carboxylic acids is 1. The summed E-state index contributed by atoms with van der Waals surface area (Å²) in [5, 5.41) is 13.9. The topological polar surface area (TPSA) is 113 Å². The highest BCUT2D eigenvalue weighted by atomic mass is 32.2. The van der Waals surface area contributed by atoms with Crippen LogP contribution in [0.5, 0.6) is 0 Å². The molecular formula is C13H26N2O5S. The van der Waals surface area contributed by atoms with E-state index >= 15 is 0 Å². The van der Waals surface area contributed by atoms with Crippen LogP contribution in [0.25, 0.3) is 0 Å². The largest absolute Gasteiger partial charge is 0.480 e. The number of rotatable bonds is 9. The van der Waals surface area contributed by atoms with E-state index in [9.17, 15) is 18.0 Å². The van der Waals surface area contributed by atoms with Gasteiger partial charge in [-0.15, -0.1) is 0 Å². The maximum absolute atomic E-state index is 11.7. The van der Waals surface area contributed by atoms with E-state index in [-0.39, 0.29) is 18.2 Å². The molecule has 2 unspecified atom stereocenters. The Morgan fingerprint density at radius 3 is 2.05 bits per heavy atom. The van der Waals surface area contributed by atoms with Crippen LogP contribution < -0.4 is 10.6 Å². The third-order valence-electron chi connectivity index (χ3n) is 2.94. The van der Waals surface area contributed by atoms with Crippen molar-refractivity contribution in [3.05, 3.63) is 0 Å². The Morgan fingerprint density at radius 2 is 1.62 bits per heavy atom. The first-order valence-corrected chi connectivity index (χ1v) is 9.05. The Hall–Kier alpha value is -1.31. The molecule has 0 bridgehead atoms. The molecule has 2 amide bonds. The molecule has 0 saturated carbocycles. The second-order valence-corrected chi connectivity index (χ2v) is 8.06. The van der Waals surface area contributed by atoms with E-state index in [1.807, 2.05) is 6.92 Å². The van der Waals surface area contributed by atoms with Gasteiger partial charge in [-0.2, -0.15) is 0 Å². The fourth-order valence-corrected chi connectivity index (χ4v) is 2.33. The minimum atomic E-state index is -3.26. The van der Waals surface area contributed by atoms with E-state index in [2.05, 4.69) is 24.5 Å². The molecule has 0 aromatic rings. The van der Waals surface area contributed by atoms with Crippen LogP contribution in [0.15, 0.2) is 0 Å². The van der Waals surface area contributed by atoms with Crippen LogP contribution in [0, 0.1) is 5.92 Å². The first kappa shape index (κ1) is 19.7. The first-order valence-electron chi connectivity index (χ1n) is 6.98. The number of hydrogen-bond acceptors (Lipinski definition) is 4. The van der Waals surface area contributed by atoms with Crippen molar-refractivity contribution in [2.45, 2.75) is 52.1 Å². The molecule has 124 valence electrons. The first-order chi connectivity index (χ1) is 9.51. The molecule has 0 aliphatic carbocycles. The van der Waals surface area contributed by atoms with Gasteiger partial charge in [0, 0.05) is 12.3 Å². The van der Waals surface area contributed by atoms with Crippen LogP contribution >= 0.6 is 0 Å². The Kier molecular flexibility index (Phi) is 8.31. The average Bonchev–Trinajstić information content (AvgIpc) is 2.30. The van der Waals surface area contributed by atoms with Gasteiger partial charge in [-0.3, -0.25) is 0 Å². The van der Waals surface area contributed by atoms with Crippen molar-refractivity contribution in [1.82, 2.24) is 10.6 Å². The van der Waals surface area contributed by atoms with Gasteiger partial charge in [-0.1, -0.05) is 13.8 Å². The molecule has 0 rings (SSSR count). The molecule has 0 saturated heterocycles. The van der Waals surface area contributed by atoms with Gasteiger partial charge in [0.05, 0.1) is 5.75 Å². The highest BCUT2D eigenvalue weighted by Crippen LogP contribution is 2.06. The molecule has 0 aromatic heterocycles. The second-order valence-electron chi connectivity index (χ2n) is 5.80. The molecule has 0 aliphatic heterocycles. The molecule has 21 heavy (non-hydrogen) atoms. The molecule has 0 aliphatic rings. The molecule has 0 aromatic carbocycles. The van der Waals surface area contributed by atoms with Crippen molar-refractivity contribution < 1.29 is 23.1 Å². The third-order valence-corrected chi connectivity index (χ3v) is 3.91. The highest BCUT2D eigenvalue weighted by Gasteiger charge is 2.22. The zero-order valence-electron chi connectivity index (χ0n) is 13.0. The number of aliphatic carboxylic acids is 1. The van der Waals surface area contributed by atoms with Crippen LogP contribution in [0.4, 0.5) is 4.79 Å². The Morgan fingerprint density at radius 1 is 1.05 bits per heavy atom. The lowest BCUT2D eigenvalue weighted by molar-refractivity contribution is -0.139. The van der Waals surface area contributed by atoms with Crippen LogP contribution in [0.2, 0.25) is 0 Å². The summed E-state index contributed by atoms with van der Waals surface area (Å²) in [4.78, 5) is 22.7. The SMILES string of the molecule is CC(C)CCC(C)NC(=O)NC(CCS(C)(=O)=O)C(=O)O. The lowest BCUT2D eigenvalue weighted by Gasteiger charge is -2.18. The van der Waals surface area contributed by atoms with E-state index < -0.39 is 27.9 Å². The van der Waals surface area contributed by atoms with Crippen LogP contribution in [0.1, 0.15) is 40.0 Å². The van der Waals surface area contributed by atoms with Gasteiger partial charge >= 0.3 is 12.0 Å². The van der Waals surface area contributed by atoms with Gasteiger partial charge in [-0.25, -0.2) is 18.0 Å². The van der Waals surface area contributed by atoms with E-state index in [4.69, 9.17) is 5.11 Å². The number of sulfone groups is 1. The van der Waals surface area contributed by atoms with Gasteiger partial charge < -0.3 is 15.7 Å². The summed E-state index contributed by atoms with van der Waals surface area (Å²) < 4.78 is 22.1. The molecule has 8 heteroatoms. The number of carboxylic acids is 1. The number of amides is 2. The summed E-state index contributed by atoms with van der Waals surface area (Å²) in [6, 6.07) is -1.87. The molecule has 0 fully saturated rings. The Bertz CT molecular complexity index is 447. The van der Waals surface area contributed by atoms with Gasteiger partial charge in [0.25, 0.3) is 0 Å². The average molecular weight is 322 g/mol. The summed E-state index contributed by atoms with van der Waals surface area (Å²) in [6.07, 6.45) is 2.63. The Labute approximate surface area is 126 Å². The summed E-state index contributed by atoms with van der Waals surface area (Å²) in [7, 11) is -3.26. The van der Waals surface area contributed by atoms with Crippen LogP contribution in [-0.4, -0.2) is 49.6 Å². The maximum atomic E-state index is 11.7. The number of urea groups is 1. The summed E-state index contributed by atoms with van der Waals surface area (Å²) >= 11 is 0. The summed E-state index contributed by atoms with van der Waals surface area (Å²) in [6.45, 7) is 6.01. The molecule has 7 nitrogen and oxygen atoms in total. The number of nitrogens with one attached hydrogen (secondary N) is 2. The molecule has 3 N–H and O–H groups in total. The normalized spacial score (nSPS) is 14.5. The molecule has 0 radical (unpaired) electrons. The minimum Gasteiger partial charge on any atom is -0.480 e. The molecular weight excluding hydrogens is 296 g/mol. The van der Waals surface area contributed by atoms with Gasteiger partial charge in [0.15, 0.2) is 0 Å². The van der Waals surface area contributed by atoms with Crippen molar-refractivity contribution >= 4 is 21.8 Å². The van der Waals surface area contributed by atoms with Crippen LogP contribution in [-0.2, 0) is 14.6 Å². The number of carboxylic acid groups (broad SMARTS) is 1. The highest BCUT2D eigenvalue weighted by molar-refractivity contribution is 7.90. The summed E-state index contributed by atoms with van der Waals surface area (Å²) in [5.41, 5.74) is 0. The quantitative estimate of drug-likeness (QED) is 0.586. The Balaban J connectivity index is 4.32. The maximum Gasteiger partial charge on any atom is 0.326 e. The van der Waals surface area contributed by atoms with Crippen molar-refractivity contribution in [3.8, 4) is 0 Å². The second kappa shape index (κ2) is 8.86. The fourth-order valence-electron chi connectivity index (χ4n) is 1.67. The number of hydrogen-bond donors (Lipinski definition) is 3. The molecule has 0 spiro atoms. The van der Waals surface area contributed by atoms with Crippen molar-refractivity contribution in [3.63, 3.8) is 0 Å². The van der Waals surface area contributed by atoms with E-state index in [0.29, 0.717) is 5.92 Å². The van der Waals surface area contributed by atoms with Gasteiger partial charge in [0.1, 0.15) is 15.9 Å². The van der Waals surface area contributed by atoms with Crippen LogP contribution in [0.3, 0.4) is 0 Å². The van der Waals surface area contributed by atoms with E-state index in [0.717, 1.165) is 19.1 Å². The fraction of sp³-hybridized carbons (Fsp3) is 0.846. The smallest absolute Gasteiger partial charge is 0.326 e. The van der Waals surface area contributed by atoms with Crippen molar-refractivity contribution in [2.24, 2.45) is 5.92 Å². The lowest BCUT2D eigenvalue weighted by Crippen LogP contribution is -2.49. The molecule has 2 atom stereocenters. The number of carbonyl (C=O) groups is 2. The van der Waals surface area contributed by atoms with Crippen molar-refractivity contribution in [2.75, 3.05) is 12.0 Å². The lowest BCUT2D eigenvalue weighted by atomic mass is 10.0.